The molecule has 2 aromatic carbocycles. The van der Waals surface area contributed by atoms with Gasteiger partial charge in [-0.1, -0.05) is 12.1 Å². The summed E-state index contributed by atoms with van der Waals surface area (Å²) in [6.07, 6.45) is 2.27. The molecule has 1 heterocycles. The van der Waals surface area contributed by atoms with E-state index in [9.17, 15) is 14.3 Å². The zero-order chi connectivity index (χ0) is 20.8. The van der Waals surface area contributed by atoms with Crippen LogP contribution in [0.1, 0.15) is 0 Å². The van der Waals surface area contributed by atoms with Crippen molar-refractivity contribution < 1.29 is 14.3 Å². The van der Waals surface area contributed by atoms with Crippen LogP contribution in [0.2, 0.25) is 0 Å². The molecule has 9 heteroatoms. The second kappa shape index (κ2) is 8.79. The molecule has 0 saturated heterocycles. The van der Waals surface area contributed by atoms with Crippen molar-refractivity contribution in [2.24, 2.45) is 4.99 Å². The zero-order valence-electron chi connectivity index (χ0n) is 15.8. The van der Waals surface area contributed by atoms with Gasteiger partial charge in [0.2, 0.25) is 5.95 Å². The number of hydrogen-bond acceptors (Lipinski definition) is 7. The van der Waals surface area contributed by atoms with Gasteiger partial charge in [0.25, 0.3) is 5.91 Å². The van der Waals surface area contributed by atoms with Crippen LogP contribution in [0.4, 0.5) is 33.2 Å². The number of nitrogens with one attached hydrogen (secondary N) is 2. The maximum absolute atomic E-state index is 14.1. The first-order chi connectivity index (χ1) is 13.9. The summed E-state index contributed by atoms with van der Waals surface area (Å²) in [5, 5.41) is 15.3. The first kappa shape index (κ1) is 19.7. The topological polar surface area (TPSA) is 103 Å². The van der Waals surface area contributed by atoms with Gasteiger partial charge in [0, 0.05) is 31.5 Å². The Morgan fingerprint density at radius 1 is 1.14 bits per heavy atom. The minimum Gasteiger partial charge on any atom is -0.508 e. The largest absolute Gasteiger partial charge is 0.508 e. The van der Waals surface area contributed by atoms with E-state index in [1.165, 1.54) is 23.2 Å². The summed E-state index contributed by atoms with van der Waals surface area (Å²) in [4.78, 5) is 25.2. The summed E-state index contributed by atoms with van der Waals surface area (Å²) in [6.45, 7) is 0. The quantitative estimate of drug-likeness (QED) is 0.552. The molecular formula is C20H19FN6O2. The summed E-state index contributed by atoms with van der Waals surface area (Å²) in [7, 11) is 3.28. The highest BCUT2D eigenvalue weighted by molar-refractivity contribution is 6.26. The SMILES string of the molecule is CN(C)C(=O)/C=N/c1cccc(Nc2ncc(F)c(Nc3cccc(O)c3)n2)c1. The number of amides is 1. The molecule has 0 atom stereocenters. The van der Waals surface area contributed by atoms with E-state index >= 15 is 0 Å². The third kappa shape index (κ3) is 5.48. The molecule has 0 aliphatic carbocycles. The van der Waals surface area contributed by atoms with Gasteiger partial charge < -0.3 is 20.6 Å². The molecule has 1 amide bonds. The van der Waals surface area contributed by atoms with Crippen molar-refractivity contribution in [1.82, 2.24) is 14.9 Å². The first-order valence-electron chi connectivity index (χ1n) is 8.62. The number of carbonyl (C=O) groups is 1. The average molecular weight is 394 g/mol. The number of anilines is 4. The molecule has 0 aliphatic rings. The van der Waals surface area contributed by atoms with Gasteiger partial charge in [-0.25, -0.2) is 9.37 Å². The second-order valence-electron chi connectivity index (χ2n) is 6.23. The highest BCUT2D eigenvalue weighted by Crippen LogP contribution is 2.24. The number of benzene rings is 2. The lowest BCUT2D eigenvalue weighted by Crippen LogP contribution is -2.22. The molecule has 8 nitrogen and oxygen atoms in total. The van der Waals surface area contributed by atoms with Gasteiger partial charge in [0.1, 0.15) is 5.75 Å². The van der Waals surface area contributed by atoms with E-state index in [2.05, 4.69) is 25.6 Å². The Kier molecular flexibility index (Phi) is 5.98. The molecule has 0 aliphatic heterocycles. The Morgan fingerprint density at radius 3 is 2.59 bits per heavy atom. The lowest BCUT2D eigenvalue weighted by Gasteiger charge is -2.10. The van der Waals surface area contributed by atoms with E-state index < -0.39 is 5.82 Å². The molecule has 3 N–H and O–H groups in total. The highest BCUT2D eigenvalue weighted by atomic mass is 19.1. The molecule has 0 fully saturated rings. The second-order valence-corrected chi connectivity index (χ2v) is 6.23. The van der Waals surface area contributed by atoms with Crippen LogP contribution in [0.15, 0.2) is 59.7 Å². The smallest absolute Gasteiger partial charge is 0.264 e. The summed E-state index contributed by atoms with van der Waals surface area (Å²) in [5.74, 6) is -0.696. The number of aromatic hydroxyl groups is 1. The molecule has 148 valence electrons. The van der Waals surface area contributed by atoms with Crippen LogP contribution in [-0.2, 0) is 4.79 Å². The van der Waals surface area contributed by atoms with Gasteiger partial charge in [0.05, 0.1) is 18.1 Å². The van der Waals surface area contributed by atoms with Crippen LogP contribution in [0, 0.1) is 5.82 Å². The number of phenols is 1. The number of halogens is 1. The monoisotopic (exact) mass is 394 g/mol. The van der Waals surface area contributed by atoms with Crippen LogP contribution in [0.25, 0.3) is 0 Å². The van der Waals surface area contributed by atoms with Crippen molar-refractivity contribution in [1.29, 1.82) is 0 Å². The standard InChI is InChI=1S/C20H19FN6O2/c1-27(2)18(29)12-22-13-5-3-6-14(9-13)25-20-23-11-17(21)19(26-20)24-15-7-4-8-16(28)10-15/h3-12,28H,1-2H3,(H2,23,24,25,26)/b22-12+. The third-order valence-electron chi connectivity index (χ3n) is 3.72. The van der Waals surface area contributed by atoms with Crippen molar-refractivity contribution >= 4 is 41.0 Å². The molecule has 1 aromatic heterocycles. The van der Waals surface area contributed by atoms with Gasteiger partial charge in [-0.05, 0) is 30.3 Å². The first-order valence-corrected chi connectivity index (χ1v) is 8.62. The maximum Gasteiger partial charge on any atom is 0.264 e. The van der Waals surface area contributed by atoms with Crippen LogP contribution >= 0.6 is 0 Å². The van der Waals surface area contributed by atoms with Crippen LogP contribution in [0.3, 0.4) is 0 Å². The lowest BCUT2D eigenvalue weighted by atomic mass is 10.3. The number of aliphatic imine (C=N–C) groups is 1. The number of hydrogen-bond donors (Lipinski definition) is 3. The van der Waals surface area contributed by atoms with E-state index in [1.54, 1.807) is 50.5 Å². The minimum atomic E-state index is -0.639. The number of nitrogens with zero attached hydrogens (tertiary/aromatic N) is 4. The molecular weight excluding hydrogens is 375 g/mol. The van der Waals surface area contributed by atoms with Crippen molar-refractivity contribution in [3.8, 4) is 5.75 Å². The highest BCUT2D eigenvalue weighted by Gasteiger charge is 2.08. The average Bonchev–Trinajstić information content (AvgIpc) is 2.69. The van der Waals surface area contributed by atoms with Gasteiger partial charge >= 0.3 is 0 Å². The molecule has 0 spiro atoms. The Labute approximate surface area is 166 Å². The van der Waals surface area contributed by atoms with Gasteiger partial charge in [-0.2, -0.15) is 4.98 Å². The van der Waals surface area contributed by atoms with Crippen molar-refractivity contribution in [2.75, 3.05) is 24.7 Å². The fourth-order valence-electron chi connectivity index (χ4n) is 2.27. The van der Waals surface area contributed by atoms with Crippen molar-refractivity contribution in [3.05, 3.63) is 60.5 Å². The van der Waals surface area contributed by atoms with Crippen molar-refractivity contribution in [3.63, 3.8) is 0 Å². The van der Waals surface area contributed by atoms with Crippen LogP contribution in [0.5, 0.6) is 5.75 Å². The number of phenolic OH excluding ortho intramolecular Hbond substituents is 1. The molecule has 0 unspecified atom stereocenters. The summed E-state index contributed by atoms with van der Waals surface area (Å²) >= 11 is 0. The predicted octanol–water partition coefficient (Wildman–Crippen LogP) is 3.60. The van der Waals surface area contributed by atoms with E-state index in [1.807, 2.05) is 0 Å². The van der Waals surface area contributed by atoms with Gasteiger partial charge in [-0.15, -0.1) is 0 Å². The maximum atomic E-state index is 14.1. The molecule has 0 saturated carbocycles. The molecule has 29 heavy (non-hydrogen) atoms. The Hall–Kier alpha value is -4.01. The van der Waals surface area contributed by atoms with E-state index in [4.69, 9.17) is 0 Å². The third-order valence-corrected chi connectivity index (χ3v) is 3.72. The summed E-state index contributed by atoms with van der Waals surface area (Å²) < 4.78 is 14.1. The fourth-order valence-corrected chi connectivity index (χ4v) is 2.27. The number of rotatable bonds is 6. The van der Waals surface area contributed by atoms with E-state index in [0.717, 1.165) is 6.20 Å². The molecule has 0 bridgehead atoms. The minimum absolute atomic E-state index is 0.0427. The van der Waals surface area contributed by atoms with Gasteiger partial charge in [0.15, 0.2) is 11.6 Å². The van der Waals surface area contributed by atoms with Gasteiger partial charge in [-0.3, -0.25) is 9.79 Å². The predicted molar refractivity (Wildman–Crippen MR) is 110 cm³/mol. The van der Waals surface area contributed by atoms with Crippen LogP contribution < -0.4 is 10.6 Å². The number of aromatic nitrogens is 2. The molecule has 3 rings (SSSR count). The van der Waals surface area contributed by atoms with Crippen LogP contribution in [-0.4, -0.2) is 46.2 Å². The number of carbonyl (C=O) groups excluding carboxylic acids is 1. The Bertz CT molecular complexity index is 1050. The fraction of sp³-hybridized carbons (Fsp3) is 0.100. The molecule has 0 radical (unpaired) electrons. The Balaban J connectivity index is 1.77. The zero-order valence-corrected chi connectivity index (χ0v) is 15.8. The normalized spacial score (nSPS) is 10.7. The summed E-state index contributed by atoms with van der Waals surface area (Å²) in [6, 6.07) is 13.2. The molecule has 3 aromatic rings. The van der Waals surface area contributed by atoms with Crippen molar-refractivity contribution in [2.45, 2.75) is 0 Å². The van der Waals surface area contributed by atoms with E-state index in [0.29, 0.717) is 17.1 Å². The summed E-state index contributed by atoms with van der Waals surface area (Å²) in [5.41, 5.74) is 1.66. The Morgan fingerprint density at radius 2 is 1.86 bits per heavy atom. The lowest BCUT2D eigenvalue weighted by molar-refractivity contribution is -0.121. The van der Waals surface area contributed by atoms with E-state index in [-0.39, 0.29) is 23.4 Å².